The highest BCUT2D eigenvalue weighted by Crippen LogP contribution is 2.30. The number of nitrogens with one attached hydrogen (secondary N) is 2. The smallest absolute Gasteiger partial charge is 0.321 e. The lowest BCUT2D eigenvalue weighted by atomic mass is 9.90. The number of halogens is 2. The summed E-state index contributed by atoms with van der Waals surface area (Å²) in [5, 5.41) is 5.69. The fourth-order valence-corrected chi connectivity index (χ4v) is 3.91. The van der Waals surface area contributed by atoms with Crippen LogP contribution in [0.5, 0.6) is 0 Å². The molecule has 0 spiro atoms. The number of anilines is 2. The number of hydrogen-bond donors (Lipinski definition) is 2. The standard InChI is InChI=1S/C21H21F2N3O2/c22-15-4-6-18(23)17(11-15)14-2-1-9-26(12-14)21(28)24-16-5-7-19-13(10-16)3-8-20(27)25-19/h4-7,10-11,14H,1-3,8-9,12H2,(H,24,28)(H,25,27)/t14-/m0/s1. The molecule has 28 heavy (non-hydrogen) atoms. The van der Waals surface area contributed by atoms with Crippen LogP contribution in [0.1, 0.15) is 36.3 Å². The zero-order valence-corrected chi connectivity index (χ0v) is 15.3. The van der Waals surface area contributed by atoms with Crippen LogP contribution in [0.2, 0.25) is 0 Å². The van der Waals surface area contributed by atoms with Crippen LogP contribution in [0, 0.1) is 11.6 Å². The zero-order chi connectivity index (χ0) is 19.7. The second-order valence-electron chi connectivity index (χ2n) is 7.30. The van der Waals surface area contributed by atoms with Crippen LogP contribution in [0.4, 0.5) is 25.0 Å². The molecule has 0 bridgehead atoms. The van der Waals surface area contributed by atoms with Gasteiger partial charge < -0.3 is 15.5 Å². The van der Waals surface area contributed by atoms with Gasteiger partial charge in [0.15, 0.2) is 0 Å². The van der Waals surface area contributed by atoms with Crippen LogP contribution >= 0.6 is 0 Å². The predicted molar refractivity (Wildman–Crippen MR) is 102 cm³/mol. The maximum Gasteiger partial charge on any atom is 0.321 e. The van der Waals surface area contributed by atoms with Gasteiger partial charge in [-0.1, -0.05) is 0 Å². The number of benzene rings is 2. The van der Waals surface area contributed by atoms with E-state index in [9.17, 15) is 18.4 Å². The summed E-state index contributed by atoms with van der Waals surface area (Å²) >= 11 is 0. The number of carbonyl (C=O) groups excluding carboxylic acids is 2. The maximum absolute atomic E-state index is 14.1. The quantitative estimate of drug-likeness (QED) is 0.811. The normalized spacial score (nSPS) is 19.0. The molecule has 0 aliphatic carbocycles. The van der Waals surface area contributed by atoms with Gasteiger partial charge in [0.1, 0.15) is 11.6 Å². The first-order valence-electron chi connectivity index (χ1n) is 9.43. The fraction of sp³-hybridized carbons (Fsp3) is 0.333. The van der Waals surface area contributed by atoms with Crippen molar-refractivity contribution >= 4 is 23.3 Å². The van der Waals surface area contributed by atoms with E-state index < -0.39 is 11.6 Å². The molecule has 0 radical (unpaired) electrons. The molecule has 2 aromatic rings. The van der Waals surface area contributed by atoms with Gasteiger partial charge in [0.05, 0.1) is 0 Å². The summed E-state index contributed by atoms with van der Waals surface area (Å²) < 4.78 is 27.6. The SMILES string of the molecule is O=C1CCc2cc(NC(=O)N3CCC[C@H](c4cc(F)ccc4F)C3)ccc2N1. The van der Waals surface area contributed by atoms with E-state index in [1.165, 1.54) is 6.07 Å². The van der Waals surface area contributed by atoms with Crippen LogP contribution in [-0.4, -0.2) is 29.9 Å². The van der Waals surface area contributed by atoms with Crippen molar-refractivity contribution in [1.29, 1.82) is 0 Å². The minimum Gasteiger partial charge on any atom is -0.326 e. The topological polar surface area (TPSA) is 61.4 Å². The Morgan fingerprint density at radius 3 is 2.86 bits per heavy atom. The Balaban J connectivity index is 1.45. The molecule has 0 unspecified atom stereocenters. The van der Waals surface area contributed by atoms with E-state index in [1.54, 1.807) is 17.0 Å². The van der Waals surface area contributed by atoms with Gasteiger partial charge in [-0.05, 0) is 66.8 Å². The van der Waals surface area contributed by atoms with E-state index in [0.717, 1.165) is 29.8 Å². The average Bonchev–Trinajstić information content (AvgIpc) is 2.70. The molecule has 0 saturated carbocycles. The molecule has 3 amide bonds. The third-order valence-electron chi connectivity index (χ3n) is 5.36. The van der Waals surface area contributed by atoms with Crippen molar-refractivity contribution in [3.8, 4) is 0 Å². The Morgan fingerprint density at radius 2 is 2.00 bits per heavy atom. The molecule has 5 nitrogen and oxygen atoms in total. The number of rotatable bonds is 2. The summed E-state index contributed by atoms with van der Waals surface area (Å²) in [6.45, 7) is 0.910. The van der Waals surface area contributed by atoms with Gasteiger partial charge in [0, 0.05) is 36.8 Å². The third kappa shape index (κ3) is 3.83. The molecule has 146 valence electrons. The summed E-state index contributed by atoms with van der Waals surface area (Å²) in [7, 11) is 0. The van der Waals surface area contributed by atoms with Crippen molar-refractivity contribution in [3.05, 3.63) is 59.2 Å². The van der Waals surface area contributed by atoms with Crippen molar-refractivity contribution < 1.29 is 18.4 Å². The average molecular weight is 385 g/mol. The molecule has 1 fully saturated rings. The number of amides is 3. The number of piperidine rings is 1. The molecule has 2 aliphatic heterocycles. The van der Waals surface area contributed by atoms with Crippen molar-refractivity contribution in [2.45, 2.75) is 31.6 Å². The molecule has 2 heterocycles. The van der Waals surface area contributed by atoms with Crippen LogP contribution in [-0.2, 0) is 11.2 Å². The number of carbonyl (C=O) groups is 2. The van der Waals surface area contributed by atoms with Gasteiger partial charge in [-0.25, -0.2) is 13.6 Å². The molecule has 2 aliphatic rings. The molecule has 4 rings (SSSR count). The molecule has 1 atom stereocenters. The minimum atomic E-state index is -0.473. The van der Waals surface area contributed by atoms with Crippen LogP contribution in [0.15, 0.2) is 36.4 Å². The van der Waals surface area contributed by atoms with Gasteiger partial charge in [-0.3, -0.25) is 4.79 Å². The lowest BCUT2D eigenvalue weighted by Crippen LogP contribution is -2.41. The molecular weight excluding hydrogens is 364 g/mol. The van der Waals surface area contributed by atoms with Crippen LogP contribution < -0.4 is 10.6 Å². The highest BCUT2D eigenvalue weighted by Gasteiger charge is 2.27. The summed E-state index contributed by atoms with van der Waals surface area (Å²) in [5.41, 5.74) is 2.73. The van der Waals surface area contributed by atoms with E-state index in [-0.39, 0.29) is 17.9 Å². The third-order valence-corrected chi connectivity index (χ3v) is 5.36. The van der Waals surface area contributed by atoms with Crippen molar-refractivity contribution in [2.24, 2.45) is 0 Å². The van der Waals surface area contributed by atoms with Crippen LogP contribution in [0.25, 0.3) is 0 Å². The first-order chi connectivity index (χ1) is 13.5. The Morgan fingerprint density at radius 1 is 1.14 bits per heavy atom. The minimum absolute atomic E-state index is 0.00627. The van der Waals surface area contributed by atoms with Gasteiger partial charge in [0.25, 0.3) is 0 Å². The van der Waals surface area contributed by atoms with E-state index in [0.29, 0.717) is 43.6 Å². The number of likely N-dealkylation sites (tertiary alicyclic amines) is 1. The number of urea groups is 1. The highest BCUT2D eigenvalue weighted by molar-refractivity contribution is 5.95. The summed E-state index contributed by atoms with van der Waals surface area (Å²) in [6, 6.07) is 8.58. The lowest BCUT2D eigenvalue weighted by molar-refractivity contribution is -0.116. The monoisotopic (exact) mass is 385 g/mol. The first kappa shape index (κ1) is 18.4. The van der Waals surface area contributed by atoms with Crippen molar-refractivity contribution in [2.75, 3.05) is 23.7 Å². The second-order valence-corrected chi connectivity index (χ2v) is 7.30. The molecule has 7 heteroatoms. The summed E-state index contributed by atoms with van der Waals surface area (Å²) in [5.74, 6) is -1.15. The number of nitrogens with zero attached hydrogens (tertiary/aromatic N) is 1. The van der Waals surface area contributed by atoms with Crippen molar-refractivity contribution in [3.63, 3.8) is 0 Å². The number of fused-ring (bicyclic) bond motifs is 1. The highest BCUT2D eigenvalue weighted by atomic mass is 19.1. The maximum atomic E-state index is 14.1. The summed E-state index contributed by atoms with van der Waals surface area (Å²) in [4.78, 5) is 25.8. The summed E-state index contributed by atoms with van der Waals surface area (Å²) in [6.07, 6.45) is 2.50. The van der Waals surface area contributed by atoms with E-state index in [1.807, 2.05) is 6.07 Å². The Kier molecular flexibility index (Phi) is 4.98. The Hall–Kier alpha value is -2.96. The molecule has 2 aromatic carbocycles. The van der Waals surface area contributed by atoms with Gasteiger partial charge in [-0.15, -0.1) is 0 Å². The molecule has 2 N–H and O–H groups in total. The van der Waals surface area contributed by atoms with E-state index >= 15 is 0 Å². The van der Waals surface area contributed by atoms with Crippen LogP contribution in [0.3, 0.4) is 0 Å². The van der Waals surface area contributed by atoms with Gasteiger partial charge >= 0.3 is 6.03 Å². The van der Waals surface area contributed by atoms with E-state index in [2.05, 4.69) is 10.6 Å². The van der Waals surface area contributed by atoms with Gasteiger partial charge in [0.2, 0.25) is 5.91 Å². The Bertz CT molecular complexity index is 932. The van der Waals surface area contributed by atoms with E-state index in [4.69, 9.17) is 0 Å². The molecule has 1 saturated heterocycles. The molecular formula is C21H21F2N3O2. The zero-order valence-electron chi connectivity index (χ0n) is 15.3. The number of aryl methyl sites for hydroxylation is 1. The fourth-order valence-electron chi connectivity index (χ4n) is 3.91. The largest absolute Gasteiger partial charge is 0.326 e. The van der Waals surface area contributed by atoms with Crippen molar-refractivity contribution in [1.82, 2.24) is 4.90 Å². The number of hydrogen-bond acceptors (Lipinski definition) is 2. The molecule has 0 aromatic heterocycles. The lowest BCUT2D eigenvalue weighted by Gasteiger charge is -2.33. The predicted octanol–water partition coefficient (Wildman–Crippen LogP) is 4.26. The first-order valence-corrected chi connectivity index (χ1v) is 9.43. The second kappa shape index (κ2) is 7.58. The Labute approximate surface area is 161 Å². The van der Waals surface area contributed by atoms with Gasteiger partial charge in [-0.2, -0.15) is 0 Å².